The van der Waals surface area contributed by atoms with Crippen LogP contribution in [0, 0.1) is 6.92 Å². The third-order valence-electron chi connectivity index (χ3n) is 2.04. The molecule has 1 heterocycles. The van der Waals surface area contributed by atoms with Crippen LogP contribution in [0.4, 0.5) is 0 Å². The molecule has 0 aliphatic heterocycles. The van der Waals surface area contributed by atoms with Crippen LogP contribution in [-0.2, 0) is 4.79 Å². The van der Waals surface area contributed by atoms with E-state index in [9.17, 15) is 4.79 Å². The van der Waals surface area contributed by atoms with E-state index in [0.29, 0.717) is 17.3 Å². The molecule has 0 aliphatic rings. The highest BCUT2D eigenvalue weighted by molar-refractivity contribution is 7.99. The van der Waals surface area contributed by atoms with Gasteiger partial charge in [0.15, 0.2) is 5.16 Å². The smallest absolute Gasteiger partial charge is 0.320 e. The molecule has 1 rings (SSSR count). The van der Waals surface area contributed by atoms with Crippen molar-refractivity contribution in [2.45, 2.75) is 24.5 Å². The van der Waals surface area contributed by atoms with Gasteiger partial charge in [-0.2, -0.15) is 0 Å². The van der Waals surface area contributed by atoms with E-state index in [1.165, 1.54) is 11.8 Å². The van der Waals surface area contributed by atoms with Gasteiger partial charge in [-0.05, 0) is 26.0 Å². The summed E-state index contributed by atoms with van der Waals surface area (Å²) >= 11 is 1.46. The van der Waals surface area contributed by atoms with Gasteiger partial charge in [0.05, 0.1) is 0 Å². The minimum absolute atomic E-state index is 0.502. The molecule has 0 saturated carbocycles. The Hall–Kier alpha value is -1.14. The van der Waals surface area contributed by atoms with E-state index < -0.39 is 12.0 Å². The number of aromatic nitrogens is 2. The number of nitrogens with zero attached hydrogens (tertiary/aromatic N) is 2. The number of aliphatic carboxylic acids is 1. The van der Waals surface area contributed by atoms with Crippen LogP contribution in [0.25, 0.3) is 0 Å². The van der Waals surface area contributed by atoms with Crippen LogP contribution in [-0.4, -0.2) is 39.9 Å². The summed E-state index contributed by atoms with van der Waals surface area (Å²) in [6, 6.07) is -0.502. The Morgan fingerprint density at radius 3 is 2.69 bits per heavy atom. The third-order valence-corrected chi connectivity index (χ3v) is 2.95. The molecule has 0 fully saturated rings. The maximum absolute atomic E-state index is 10.7. The van der Waals surface area contributed by atoms with E-state index in [-0.39, 0.29) is 0 Å². The Morgan fingerprint density at radius 1 is 1.56 bits per heavy atom. The van der Waals surface area contributed by atoms with Gasteiger partial charge in [0.25, 0.3) is 0 Å². The summed E-state index contributed by atoms with van der Waals surface area (Å²) in [4.78, 5) is 19.0. The van der Waals surface area contributed by atoms with Crippen molar-refractivity contribution in [2.24, 2.45) is 0 Å². The van der Waals surface area contributed by atoms with Crippen LogP contribution in [0.15, 0.2) is 17.6 Å². The minimum Gasteiger partial charge on any atom is -0.480 e. The lowest BCUT2D eigenvalue weighted by Gasteiger charge is -2.09. The van der Waals surface area contributed by atoms with Gasteiger partial charge in [-0.25, -0.2) is 9.97 Å². The first-order valence-electron chi connectivity index (χ1n) is 4.95. The number of carboxylic acids is 1. The van der Waals surface area contributed by atoms with E-state index >= 15 is 0 Å². The molecule has 0 amide bonds. The molecule has 5 nitrogen and oxygen atoms in total. The third kappa shape index (κ3) is 4.16. The first kappa shape index (κ1) is 12.9. The minimum atomic E-state index is -0.826. The van der Waals surface area contributed by atoms with Crippen molar-refractivity contribution in [3.63, 3.8) is 0 Å². The molecule has 16 heavy (non-hydrogen) atoms. The second kappa shape index (κ2) is 6.44. The van der Waals surface area contributed by atoms with Crippen molar-refractivity contribution in [3.8, 4) is 0 Å². The predicted octanol–water partition coefficient (Wildman–Crippen LogP) is 0.940. The summed E-state index contributed by atoms with van der Waals surface area (Å²) in [5.41, 5.74) is 1.02. The molecule has 1 atom stereocenters. The normalized spacial score (nSPS) is 12.4. The van der Waals surface area contributed by atoms with Gasteiger partial charge < -0.3 is 10.4 Å². The second-order valence-corrected chi connectivity index (χ2v) is 4.42. The van der Waals surface area contributed by atoms with Gasteiger partial charge in [0, 0.05) is 18.1 Å². The summed E-state index contributed by atoms with van der Waals surface area (Å²) in [5.74, 6) is -0.145. The lowest BCUT2D eigenvalue weighted by Crippen LogP contribution is -2.34. The van der Waals surface area contributed by atoms with Gasteiger partial charge >= 0.3 is 5.97 Å². The van der Waals surface area contributed by atoms with Crippen molar-refractivity contribution in [1.82, 2.24) is 15.3 Å². The van der Waals surface area contributed by atoms with Crippen molar-refractivity contribution < 1.29 is 9.90 Å². The average molecular weight is 241 g/mol. The molecule has 1 unspecified atom stereocenters. The van der Waals surface area contributed by atoms with Gasteiger partial charge in [-0.1, -0.05) is 11.8 Å². The topological polar surface area (TPSA) is 75.1 Å². The summed E-state index contributed by atoms with van der Waals surface area (Å²) in [6.07, 6.45) is 4.05. The van der Waals surface area contributed by atoms with Gasteiger partial charge in [0.1, 0.15) is 6.04 Å². The van der Waals surface area contributed by atoms with E-state index in [4.69, 9.17) is 5.11 Å². The zero-order chi connectivity index (χ0) is 12.0. The van der Waals surface area contributed by atoms with Crippen molar-refractivity contribution in [2.75, 3.05) is 12.8 Å². The van der Waals surface area contributed by atoms with Crippen molar-refractivity contribution in [1.29, 1.82) is 0 Å². The molecule has 6 heteroatoms. The highest BCUT2D eigenvalue weighted by Crippen LogP contribution is 2.14. The van der Waals surface area contributed by atoms with E-state index in [2.05, 4.69) is 15.3 Å². The van der Waals surface area contributed by atoms with Crippen LogP contribution in [0.5, 0.6) is 0 Å². The van der Waals surface area contributed by atoms with Crippen molar-refractivity contribution in [3.05, 3.63) is 18.0 Å². The van der Waals surface area contributed by atoms with Gasteiger partial charge in [-0.3, -0.25) is 4.79 Å². The Morgan fingerprint density at radius 2 is 2.19 bits per heavy atom. The Labute approximate surface area is 98.7 Å². The molecule has 0 radical (unpaired) electrons. The molecule has 1 aromatic heterocycles. The molecule has 88 valence electrons. The maximum Gasteiger partial charge on any atom is 0.320 e. The summed E-state index contributed by atoms with van der Waals surface area (Å²) < 4.78 is 0. The number of likely N-dealkylation sites (N-methyl/N-ethyl adjacent to an activating group) is 1. The Balaban J connectivity index is 2.35. The second-order valence-electron chi connectivity index (χ2n) is 3.36. The molecule has 0 spiro atoms. The number of hydrogen-bond donors (Lipinski definition) is 2. The van der Waals surface area contributed by atoms with E-state index in [0.717, 1.165) is 5.56 Å². The lowest BCUT2D eigenvalue weighted by atomic mass is 10.2. The molecular weight excluding hydrogens is 226 g/mol. The number of thioether (sulfide) groups is 1. The highest BCUT2D eigenvalue weighted by atomic mass is 32.2. The molecule has 0 aliphatic carbocycles. The fourth-order valence-corrected chi connectivity index (χ4v) is 1.91. The summed E-state index contributed by atoms with van der Waals surface area (Å²) in [6.45, 7) is 1.93. The molecule has 2 N–H and O–H groups in total. The molecular formula is C10H15N3O2S. The first-order valence-corrected chi connectivity index (χ1v) is 5.93. The van der Waals surface area contributed by atoms with Gasteiger partial charge in [-0.15, -0.1) is 0 Å². The number of rotatable bonds is 6. The van der Waals surface area contributed by atoms with E-state index in [1.54, 1.807) is 19.4 Å². The zero-order valence-electron chi connectivity index (χ0n) is 9.30. The number of carboxylic acid groups (broad SMARTS) is 1. The number of nitrogens with one attached hydrogen (secondary N) is 1. The zero-order valence-corrected chi connectivity index (χ0v) is 10.1. The van der Waals surface area contributed by atoms with Crippen LogP contribution in [0.2, 0.25) is 0 Å². The predicted molar refractivity (Wildman–Crippen MR) is 62.6 cm³/mol. The van der Waals surface area contributed by atoms with Crippen LogP contribution in [0.3, 0.4) is 0 Å². The van der Waals surface area contributed by atoms with E-state index in [1.807, 2.05) is 6.92 Å². The quantitative estimate of drug-likeness (QED) is 0.570. The number of hydrogen-bond acceptors (Lipinski definition) is 5. The standard InChI is InChI=1S/C10H15N3O2S/c1-7-5-12-10(13-6-7)16-4-3-8(11-2)9(14)15/h5-6,8,11H,3-4H2,1-2H3,(H,14,15). The van der Waals surface area contributed by atoms with Crippen LogP contribution in [0.1, 0.15) is 12.0 Å². The SMILES string of the molecule is CNC(CCSc1ncc(C)cn1)C(=O)O. The maximum atomic E-state index is 10.7. The number of aryl methyl sites for hydroxylation is 1. The first-order chi connectivity index (χ1) is 7.63. The summed E-state index contributed by atoms with van der Waals surface area (Å²) in [5, 5.41) is 12.2. The molecule has 1 aromatic rings. The van der Waals surface area contributed by atoms with Crippen molar-refractivity contribution >= 4 is 17.7 Å². The largest absolute Gasteiger partial charge is 0.480 e. The van der Waals surface area contributed by atoms with Crippen LogP contribution >= 0.6 is 11.8 Å². The summed E-state index contributed by atoms with van der Waals surface area (Å²) in [7, 11) is 1.64. The lowest BCUT2D eigenvalue weighted by molar-refractivity contribution is -0.139. The Bertz CT molecular complexity index is 342. The average Bonchev–Trinajstić information content (AvgIpc) is 2.26. The Kier molecular flexibility index (Phi) is 5.21. The fraction of sp³-hybridized carbons (Fsp3) is 0.500. The molecule has 0 aromatic carbocycles. The molecule has 0 saturated heterocycles. The number of carbonyl (C=O) groups is 1. The van der Waals surface area contributed by atoms with Gasteiger partial charge in [0.2, 0.25) is 0 Å². The molecule has 0 bridgehead atoms. The fourth-order valence-electron chi connectivity index (χ4n) is 1.11. The highest BCUT2D eigenvalue weighted by Gasteiger charge is 2.14. The van der Waals surface area contributed by atoms with Crippen LogP contribution < -0.4 is 5.32 Å². The monoisotopic (exact) mass is 241 g/mol.